The number of oxime groups is 1. The Bertz CT molecular complexity index is 664. The zero-order valence-electron chi connectivity index (χ0n) is 11.0. The molecule has 1 fully saturated rings. The number of hydrogen-bond donors (Lipinski definition) is 2. The smallest absolute Gasteiger partial charge is 0.244 e. The Morgan fingerprint density at radius 1 is 1.43 bits per heavy atom. The molecule has 6 nitrogen and oxygen atoms in total. The van der Waals surface area contributed by atoms with Gasteiger partial charge in [0, 0.05) is 28.0 Å². The van der Waals surface area contributed by atoms with E-state index in [0.29, 0.717) is 28.3 Å². The molecule has 0 saturated carbocycles. The van der Waals surface area contributed by atoms with E-state index in [2.05, 4.69) is 37.0 Å². The van der Waals surface area contributed by atoms with Crippen molar-refractivity contribution in [3.8, 4) is 0 Å². The maximum absolute atomic E-state index is 12.7. The lowest BCUT2D eigenvalue weighted by molar-refractivity contribution is 0.287. The first kappa shape index (κ1) is 16.7. The molecule has 0 spiro atoms. The lowest BCUT2D eigenvalue weighted by atomic mass is 9.99. The van der Waals surface area contributed by atoms with E-state index >= 15 is 0 Å². The Labute approximate surface area is 140 Å². The van der Waals surface area contributed by atoms with Gasteiger partial charge in [-0.25, -0.2) is 8.42 Å². The summed E-state index contributed by atoms with van der Waals surface area (Å²) in [4.78, 5) is 0.206. The summed E-state index contributed by atoms with van der Waals surface area (Å²) in [6, 6.07) is 5.01. The summed E-state index contributed by atoms with van der Waals surface area (Å²) in [6.45, 7) is 0.647. The van der Waals surface area contributed by atoms with Gasteiger partial charge in [-0.1, -0.05) is 21.1 Å². The SMILES string of the molecule is NC(=NO)C1CCCN(S(=O)(=O)c2cc(Br)ccc2Br)C1. The average molecular weight is 441 g/mol. The monoisotopic (exact) mass is 439 g/mol. The Morgan fingerprint density at radius 2 is 2.14 bits per heavy atom. The van der Waals surface area contributed by atoms with Crippen molar-refractivity contribution in [3.05, 3.63) is 27.1 Å². The average Bonchev–Trinajstić information content (AvgIpc) is 2.49. The molecule has 0 amide bonds. The largest absolute Gasteiger partial charge is 0.409 e. The fraction of sp³-hybridized carbons (Fsp3) is 0.417. The van der Waals surface area contributed by atoms with Gasteiger partial charge in [0.25, 0.3) is 0 Å². The second-order valence-electron chi connectivity index (χ2n) is 4.80. The van der Waals surface area contributed by atoms with Crippen LogP contribution in [0.4, 0.5) is 0 Å². The number of sulfonamides is 1. The summed E-state index contributed by atoms with van der Waals surface area (Å²) in [6.07, 6.45) is 1.38. The lowest BCUT2D eigenvalue weighted by Crippen LogP contribution is -2.44. The van der Waals surface area contributed by atoms with Crippen LogP contribution in [0.2, 0.25) is 0 Å². The van der Waals surface area contributed by atoms with E-state index in [1.807, 2.05) is 0 Å². The van der Waals surface area contributed by atoms with Crippen molar-refractivity contribution < 1.29 is 13.6 Å². The number of benzene rings is 1. The molecule has 1 aliphatic rings. The van der Waals surface area contributed by atoms with E-state index in [0.717, 1.165) is 0 Å². The number of nitrogens with two attached hydrogens (primary N) is 1. The zero-order valence-corrected chi connectivity index (χ0v) is 15.0. The first-order chi connectivity index (χ1) is 9.86. The number of piperidine rings is 1. The summed E-state index contributed by atoms with van der Waals surface area (Å²) in [7, 11) is -3.63. The Morgan fingerprint density at radius 3 is 2.81 bits per heavy atom. The van der Waals surface area contributed by atoms with Crippen molar-refractivity contribution in [3.63, 3.8) is 0 Å². The van der Waals surface area contributed by atoms with Crippen LogP contribution in [0.3, 0.4) is 0 Å². The maximum atomic E-state index is 12.7. The van der Waals surface area contributed by atoms with Crippen LogP contribution in [0.5, 0.6) is 0 Å². The summed E-state index contributed by atoms with van der Waals surface area (Å²) in [5, 5.41) is 11.7. The number of hydrogen-bond acceptors (Lipinski definition) is 4. The molecule has 1 aliphatic heterocycles. The van der Waals surface area contributed by atoms with E-state index in [1.54, 1.807) is 18.2 Å². The first-order valence-electron chi connectivity index (χ1n) is 6.29. The van der Waals surface area contributed by atoms with Crippen LogP contribution in [0.25, 0.3) is 0 Å². The third-order valence-electron chi connectivity index (χ3n) is 3.43. The second-order valence-corrected chi connectivity index (χ2v) is 8.48. The van der Waals surface area contributed by atoms with Crippen molar-refractivity contribution in [2.24, 2.45) is 16.8 Å². The second kappa shape index (κ2) is 6.64. The molecule has 1 saturated heterocycles. The van der Waals surface area contributed by atoms with E-state index in [-0.39, 0.29) is 23.2 Å². The fourth-order valence-corrected chi connectivity index (χ4v) is 5.28. The van der Waals surface area contributed by atoms with Gasteiger partial charge in [0.1, 0.15) is 5.84 Å². The normalized spacial score (nSPS) is 21.4. The molecule has 1 aromatic rings. The molecule has 1 heterocycles. The van der Waals surface area contributed by atoms with E-state index in [9.17, 15) is 8.42 Å². The van der Waals surface area contributed by atoms with Crippen LogP contribution in [0, 0.1) is 5.92 Å². The molecule has 2 rings (SSSR count). The van der Waals surface area contributed by atoms with Crippen molar-refractivity contribution in [2.45, 2.75) is 17.7 Å². The summed E-state index contributed by atoms with van der Waals surface area (Å²) in [5.74, 6) is -0.187. The highest BCUT2D eigenvalue weighted by Crippen LogP contribution is 2.30. The van der Waals surface area contributed by atoms with Crippen molar-refractivity contribution in [1.82, 2.24) is 4.31 Å². The number of halogens is 2. The molecule has 0 aliphatic carbocycles. The maximum Gasteiger partial charge on any atom is 0.244 e. The summed E-state index contributed by atoms with van der Waals surface area (Å²) in [5.41, 5.74) is 5.61. The van der Waals surface area contributed by atoms with Crippen LogP contribution in [-0.4, -0.2) is 36.9 Å². The van der Waals surface area contributed by atoms with E-state index in [1.165, 1.54) is 4.31 Å². The number of nitrogens with zero attached hydrogens (tertiary/aromatic N) is 2. The number of amidine groups is 1. The van der Waals surface area contributed by atoms with Crippen molar-refractivity contribution >= 4 is 47.7 Å². The quantitative estimate of drug-likeness (QED) is 0.326. The van der Waals surface area contributed by atoms with Gasteiger partial charge in [-0.2, -0.15) is 4.31 Å². The molecule has 21 heavy (non-hydrogen) atoms. The third kappa shape index (κ3) is 3.58. The predicted molar refractivity (Wildman–Crippen MR) is 86.7 cm³/mol. The molecule has 3 N–H and O–H groups in total. The molecular weight excluding hydrogens is 426 g/mol. The van der Waals surface area contributed by atoms with Crippen LogP contribution < -0.4 is 5.73 Å². The van der Waals surface area contributed by atoms with Crippen molar-refractivity contribution in [1.29, 1.82) is 0 Å². The van der Waals surface area contributed by atoms with Gasteiger partial charge in [-0.3, -0.25) is 0 Å². The predicted octanol–water partition coefficient (Wildman–Crippen LogP) is 2.36. The highest BCUT2D eigenvalue weighted by molar-refractivity contribution is 9.11. The fourth-order valence-electron chi connectivity index (χ4n) is 2.30. The van der Waals surface area contributed by atoms with Gasteiger partial charge in [0.15, 0.2) is 0 Å². The van der Waals surface area contributed by atoms with Crippen LogP contribution in [0.15, 0.2) is 37.2 Å². The molecule has 116 valence electrons. The molecular formula is C12H15Br2N3O3S. The minimum Gasteiger partial charge on any atom is -0.409 e. The minimum absolute atomic E-state index is 0.0724. The Hall–Kier alpha value is -0.640. The van der Waals surface area contributed by atoms with Crippen LogP contribution in [-0.2, 0) is 10.0 Å². The molecule has 0 bridgehead atoms. The minimum atomic E-state index is -3.63. The van der Waals surface area contributed by atoms with Gasteiger partial charge in [-0.15, -0.1) is 0 Å². The van der Waals surface area contributed by atoms with Gasteiger partial charge in [0.2, 0.25) is 10.0 Å². The highest BCUT2D eigenvalue weighted by atomic mass is 79.9. The zero-order chi connectivity index (χ0) is 15.6. The summed E-state index contributed by atoms with van der Waals surface area (Å²) >= 11 is 6.56. The van der Waals surface area contributed by atoms with Crippen molar-refractivity contribution in [2.75, 3.05) is 13.1 Å². The third-order valence-corrected chi connectivity index (χ3v) is 6.78. The van der Waals surface area contributed by atoms with E-state index in [4.69, 9.17) is 10.9 Å². The van der Waals surface area contributed by atoms with Gasteiger partial charge >= 0.3 is 0 Å². The number of rotatable bonds is 3. The molecule has 1 atom stereocenters. The lowest BCUT2D eigenvalue weighted by Gasteiger charge is -2.31. The highest BCUT2D eigenvalue weighted by Gasteiger charge is 2.33. The Balaban J connectivity index is 2.33. The van der Waals surface area contributed by atoms with Gasteiger partial charge in [0.05, 0.1) is 4.90 Å². The first-order valence-corrected chi connectivity index (χ1v) is 9.31. The molecule has 0 radical (unpaired) electrons. The topological polar surface area (TPSA) is 96.0 Å². The van der Waals surface area contributed by atoms with Gasteiger partial charge in [-0.05, 0) is 47.0 Å². The molecule has 9 heteroatoms. The Kier molecular flexibility index (Phi) is 5.29. The van der Waals surface area contributed by atoms with Gasteiger partial charge < -0.3 is 10.9 Å². The van der Waals surface area contributed by atoms with Crippen LogP contribution in [0.1, 0.15) is 12.8 Å². The molecule has 0 aromatic heterocycles. The molecule has 1 aromatic carbocycles. The summed E-state index contributed by atoms with van der Waals surface area (Å²) < 4.78 is 28.1. The molecule has 1 unspecified atom stereocenters. The van der Waals surface area contributed by atoms with E-state index < -0.39 is 10.0 Å². The van der Waals surface area contributed by atoms with Crippen LogP contribution >= 0.6 is 31.9 Å². The standard InChI is InChI=1S/C12H15Br2N3O3S/c13-9-3-4-10(14)11(6-9)21(19,20)17-5-1-2-8(7-17)12(15)16-18/h3-4,6,8,18H,1-2,5,7H2,(H2,15,16).